The van der Waals surface area contributed by atoms with Crippen LogP contribution >= 0.6 is 12.2 Å². The number of hydrogen-bond donors (Lipinski definition) is 2. The molecule has 2 aromatic rings. The summed E-state index contributed by atoms with van der Waals surface area (Å²) in [4.78, 5) is 20.0. The van der Waals surface area contributed by atoms with Gasteiger partial charge < -0.3 is 20.1 Å². The average molecular weight is 375 g/mol. The molecule has 1 aromatic heterocycles. The number of nitrogens with one attached hydrogen (secondary N) is 2. The fourth-order valence-electron chi connectivity index (χ4n) is 3.00. The van der Waals surface area contributed by atoms with Crippen molar-refractivity contribution in [3.63, 3.8) is 0 Å². The molecule has 6 heteroatoms. The lowest BCUT2D eigenvalue weighted by atomic mass is 10.1. The van der Waals surface area contributed by atoms with E-state index >= 15 is 0 Å². The van der Waals surface area contributed by atoms with Gasteiger partial charge in [0.2, 0.25) is 0 Å². The Bertz CT molecular complexity index is 798. The lowest BCUT2D eigenvalue weighted by Gasteiger charge is -2.28. The molecule has 0 unspecified atom stereocenters. The minimum Gasteiger partial charge on any atom is -0.363 e. The number of aromatic amines is 1. The lowest BCUT2D eigenvalue weighted by Crippen LogP contribution is -2.44. The van der Waals surface area contributed by atoms with Crippen molar-refractivity contribution in [2.24, 2.45) is 0 Å². The number of nitrogens with zero attached hydrogens (tertiary/aromatic N) is 2. The van der Waals surface area contributed by atoms with E-state index in [1.807, 2.05) is 32.0 Å². The summed E-state index contributed by atoms with van der Waals surface area (Å²) in [6.07, 6.45) is 0. The van der Waals surface area contributed by atoms with Crippen LogP contribution in [0.25, 0.3) is 10.9 Å². The predicted molar refractivity (Wildman–Crippen MR) is 114 cm³/mol. The molecule has 142 valence electrons. The zero-order valence-corrected chi connectivity index (χ0v) is 17.1. The zero-order valence-electron chi connectivity index (χ0n) is 16.3. The van der Waals surface area contributed by atoms with E-state index in [2.05, 4.69) is 40.0 Å². The van der Waals surface area contributed by atoms with Gasteiger partial charge in [-0.25, -0.2) is 0 Å². The van der Waals surface area contributed by atoms with Crippen molar-refractivity contribution in [1.29, 1.82) is 0 Å². The summed E-state index contributed by atoms with van der Waals surface area (Å²) in [7, 11) is 0. The summed E-state index contributed by atoms with van der Waals surface area (Å²) in [5, 5.41) is 4.96. The molecule has 2 N–H and O–H groups in total. The van der Waals surface area contributed by atoms with Crippen molar-refractivity contribution in [2.75, 3.05) is 32.7 Å². The maximum atomic E-state index is 12.6. The Morgan fingerprint density at radius 1 is 1.15 bits per heavy atom. The third-order valence-electron chi connectivity index (χ3n) is 4.64. The van der Waals surface area contributed by atoms with Crippen molar-refractivity contribution >= 4 is 28.2 Å². The second kappa shape index (κ2) is 9.69. The number of benzene rings is 1. The van der Waals surface area contributed by atoms with E-state index in [4.69, 9.17) is 12.2 Å². The normalized spacial score (nSPS) is 11.1. The molecule has 0 aliphatic heterocycles. The molecule has 0 aliphatic rings. The zero-order chi connectivity index (χ0) is 19.1. The molecule has 0 atom stereocenters. The van der Waals surface area contributed by atoms with Crippen LogP contribution in [0, 0.1) is 6.92 Å². The Hall–Kier alpha value is -1.92. The second-order valence-electron chi connectivity index (χ2n) is 6.50. The Labute approximate surface area is 161 Å². The topological polar surface area (TPSA) is 51.4 Å². The number of aryl methyl sites for hydroxylation is 1. The van der Waals surface area contributed by atoms with Gasteiger partial charge in [0, 0.05) is 30.7 Å². The summed E-state index contributed by atoms with van der Waals surface area (Å²) >= 11 is 5.54. The summed E-state index contributed by atoms with van der Waals surface area (Å²) in [6, 6.07) is 8.09. The van der Waals surface area contributed by atoms with Crippen LogP contribution in [0.1, 0.15) is 31.9 Å². The first kappa shape index (κ1) is 20.4. The molecule has 0 spiro atoms. The van der Waals surface area contributed by atoms with Crippen molar-refractivity contribution in [3.05, 3.63) is 45.7 Å². The van der Waals surface area contributed by atoms with Gasteiger partial charge in [0.25, 0.3) is 5.56 Å². The molecule has 0 fully saturated rings. The Balaban J connectivity index is 2.24. The number of fused-ring (bicyclic) bond motifs is 1. The number of aromatic nitrogens is 1. The molecule has 0 saturated heterocycles. The molecule has 0 saturated carbocycles. The first-order valence-corrected chi connectivity index (χ1v) is 9.77. The number of likely N-dealkylation sites (N-methyl/N-ethyl adjacent to an activating group) is 1. The number of pyridine rings is 1. The molecule has 1 heterocycles. The van der Waals surface area contributed by atoms with Gasteiger partial charge in [-0.15, -0.1) is 0 Å². The maximum absolute atomic E-state index is 12.6. The molecule has 0 aliphatic carbocycles. The van der Waals surface area contributed by atoms with Crippen LogP contribution in [0.15, 0.2) is 29.1 Å². The van der Waals surface area contributed by atoms with Gasteiger partial charge in [-0.05, 0) is 62.2 Å². The quantitative estimate of drug-likeness (QED) is 0.696. The van der Waals surface area contributed by atoms with Gasteiger partial charge in [0.15, 0.2) is 5.11 Å². The molecule has 0 radical (unpaired) electrons. The van der Waals surface area contributed by atoms with Crippen LogP contribution in [-0.4, -0.2) is 52.6 Å². The summed E-state index contributed by atoms with van der Waals surface area (Å²) in [5.41, 5.74) is 2.70. The molecular weight excluding hydrogens is 344 g/mol. The molecular formula is C20H30N4OS. The summed E-state index contributed by atoms with van der Waals surface area (Å²) in [5.74, 6) is 0. The third kappa shape index (κ3) is 5.29. The third-order valence-corrected chi connectivity index (χ3v) is 5.04. The van der Waals surface area contributed by atoms with E-state index in [1.165, 1.54) is 0 Å². The highest BCUT2D eigenvalue weighted by molar-refractivity contribution is 7.80. The van der Waals surface area contributed by atoms with Gasteiger partial charge in [0.1, 0.15) is 0 Å². The van der Waals surface area contributed by atoms with E-state index in [9.17, 15) is 4.79 Å². The number of H-pyrrole nitrogens is 1. The molecule has 5 nitrogen and oxygen atoms in total. The van der Waals surface area contributed by atoms with E-state index < -0.39 is 0 Å². The van der Waals surface area contributed by atoms with Crippen molar-refractivity contribution in [3.8, 4) is 0 Å². The smallest absolute Gasteiger partial charge is 0.253 e. The van der Waals surface area contributed by atoms with Crippen molar-refractivity contribution in [1.82, 2.24) is 20.1 Å². The van der Waals surface area contributed by atoms with Crippen molar-refractivity contribution < 1.29 is 0 Å². The minimum atomic E-state index is -0.0461. The second-order valence-corrected chi connectivity index (χ2v) is 6.89. The minimum absolute atomic E-state index is 0.0461. The molecule has 0 bridgehead atoms. The van der Waals surface area contributed by atoms with Crippen molar-refractivity contribution in [2.45, 2.75) is 34.2 Å². The molecule has 0 amide bonds. The fraction of sp³-hybridized carbons (Fsp3) is 0.500. The average Bonchev–Trinajstić information content (AvgIpc) is 2.62. The SMILES string of the molecule is CCNC(=S)N(CCN(CC)CC)Cc1cc2ccc(C)cc2[nH]c1=O. The van der Waals surface area contributed by atoms with Crippen LogP contribution in [0.2, 0.25) is 0 Å². The Morgan fingerprint density at radius 3 is 2.54 bits per heavy atom. The van der Waals surface area contributed by atoms with Crippen LogP contribution in [0.4, 0.5) is 0 Å². The predicted octanol–water partition coefficient (Wildman–Crippen LogP) is 2.87. The van der Waals surface area contributed by atoms with Crippen LogP contribution in [0.3, 0.4) is 0 Å². The highest BCUT2D eigenvalue weighted by Gasteiger charge is 2.14. The number of hydrogen-bond acceptors (Lipinski definition) is 3. The number of rotatable bonds is 8. The van der Waals surface area contributed by atoms with Gasteiger partial charge >= 0.3 is 0 Å². The summed E-state index contributed by atoms with van der Waals surface area (Å²) in [6.45, 7) is 13.4. The van der Waals surface area contributed by atoms with E-state index in [0.717, 1.165) is 54.8 Å². The molecule has 26 heavy (non-hydrogen) atoms. The van der Waals surface area contributed by atoms with Crippen LogP contribution < -0.4 is 10.9 Å². The lowest BCUT2D eigenvalue weighted by molar-refractivity contribution is 0.263. The first-order valence-electron chi connectivity index (χ1n) is 9.36. The summed E-state index contributed by atoms with van der Waals surface area (Å²) < 4.78 is 0. The highest BCUT2D eigenvalue weighted by atomic mass is 32.1. The highest BCUT2D eigenvalue weighted by Crippen LogP contribution is 2.14. The van der Waals surface area contributed by atoms with Crippen LogP contribution in [-0.2, 0) is 6.54 Å². The Morgan fingerprint density at radius 2 is 1.88 bits per heavy atom. The molecule has 1 aromatic carbocycles. The van der Waals surface area contributed by atoms with Gasteiger partial charge in [-0.2, -0.15) is 0 Å². The van der Waals surface area contributed by atoms with E-state index in [1.54, 1.807) is 0 Å². The molecule has 2 rings (SSSR count). The standard InChI is InChI=1S/C20H30N4OS/c1-5-21-20(26)24(11-10-23(6-2)7-3)14-17-13-16-9-8-15(4)12-18(16)22-19(17)25/h8-9,12-13H,5-7,10-11,14H2,1-4H3,(H,21,26)(H,22,25). The largest absolute Gasteiger partial charge is 0.363 e. The fourth-order valence-corrected chi connectivity index (χ4v) is 3.30. The number of thiocarbonyl (C=S) groups is 1. The van der Waals surface area contributed by atoms with Gasteiger partial charge in [-0.1, -0.05) is 26.0 Å². The monoisotopic (exact) mass is 374 g/mol. The Kier molecular flexibility index (Phi) is 7.60. The van der Waals surface area contributed by atoms with E-state index in [0.29, 0.717) is 11.7 Å². The van der Waals surface area contributed by atoms with Gasteiger partial charge in [0.05, 0.1) is 6.54 Å². The van der Waals surface area contributed by atoms with E-state index in [-0.39, 0.29) is 5.56 Å². The first-order chi connectivity index (χ1) is 12.5. The van der Waals surface area contributed by atoms with Gasteiger partial charge in [-0.3, -0.25) is 4.79 Å². The van der Waals surface area contributed by atoms with Crippen LogP contribution in [0.5, 0.6) is 0 Å². The maximum Gasteiger partial charge on any atom is 0.253 e.